The number of hydrogen-bond acceptors (Lipinski definition) is 7. The number of nitrogens with zero attached hydrogens (tertiary/aromatic N) is 3. The number of benzene rings is 1. The monoisotopic (exact) mass is 403 g/mol. The van der Waals surface area contributed by atoms with Crippen LogP contribution in [0.5, 0.6) is 5.75 Å². The minimum atomic E-state index is -0.349. The van der Waals surface area contributed by atoms with Gasteiger partial charge in [-0.3, -0.25) is 15.2 Å². The fourth-order valence-electron chi connectivity index (χ4n) is 2.37. The van der Waals surface area contributed by atoms with E-state index in [2.05, 4.69) is 32.6 Å². The van der Waals surface area contributed by atoms with Crippen molar-refractivity contribution in [3.63, 3.8) is 0 Å². The molecule has 0 aliphatic rings. The summed E-state index contributed by atoms with van der Waals surface area (Å²) in [6.45, 7) is 5.92. The highest BCUT2D eigenvalue weighted by Gasteiger charge is 2.16. The third kappa shape index (κ3) is 4.48. The van der Waals surface area contributed by atoms with Crippen molar-refractivity contribution in [2.24, 2.45) is 0 Å². The molecule has 0 aliphatic carbocycles. The molecule has 1 aromatic carbocycles. The van der Waals surface area contributed by atoms with Crippen molar-refractivity contribution >= 4 is 34.1 Å². The summed E-state index contributed by atoms with van der Waals surface area (Å²) in [5.74, 6) is 0.812. The lowest BCUT2D eigenvalue weighted by Crippen LogP contribution is -2.12. The van der Waals surface area contributed by atoms with Crippen molar-refractivity contribution in [2.45, 2.75) is 38.0 Å². The highest BCUT2D eigenvalue weighted by Crippen LogP contribution is 2.33. The molecule has 0 atom stereocenters. The molecule has 142 valence electrons. The van der Waals surface area contributed by atoms with E-state index in [9.17, 15) is 9.90 Å². The first-order valence-electron chi connectivity index (χ1n) is 8.62. The minimum absolute atomic E-state index is 0.173. The Morgan fingerprint density at radius 3 is 2.93 bits per heavy atom. The lowest BCUT2D eigenvalue weighted by molar-refractivity contribution is 0.102. The smallest absolute Gasteiger partial charge is 0.275 e. The van der Waals surface area contributed by atoms with E-state index >= 15 is 0 Å². The molecule has 3 N–H and O–H groups in total. The average Bonchev–Trinajstić information content (AvgIpc) is 3.30. The maximum absolute atomic E-state index is 12.4. The van der Waals surface area contributed by atoms with Gasteiger partial charge in [-0.25, -0.2) is 0 Å². The van der Waals surface area contributed by atoms with Gasteiger partial charge in [-0.05, 0) is 43.5 Å². The largest absolute Gasteiger partial charge is 0.507 e. The van der Waals surface area contributed by atoms with Gasteiger partial charge in [0, 0.05) is 11.3 Å². The summed E-state index contributed by atoms with van der Waals surface area (Å²) in [4.78, 5) is 12.4. The maximum Gasteiger partial charge on any atom is 0.275 e. The van der Waals surface area contributed by atoms with Crippen molar-refractivity contribution < 1.29 is 9.90 Å². The van der Waals surface area contributed by atoms with Gasteiger partial charge in [0.15, 0.2) is 4.34 Å². The molecule has 0 aliphatic heterocycles. The van der Waals surface area contributed by atoms with E-state index in [-0.39, 0.29) is 17.4 Å². The lowest BCUT2D eigenvalue weighted by atomic mass is 10.0. The number of hydrogen-bond donors (Lipinski definition) is 3. The number of anilines is 1. The SMILES string of the molecule is CCCCSc1nnc(NC(=O)c2cc(-c3ccc(C)c(C)c3O)n[nH]2)s1. The van der Waals surface area contributed by atoms with E-state index in [1.165, 1.54) is 11.3 Å². The van der Waals surface area contributed by atoms with E-state index in [1.54, 1.807) is 23.9 Å². The number of aromatic amines is 1. The number of thioether (sulfide) groups is 1. The van der Waals surface area contributed by atoms with Crippen molar-refractivity contribution in [1.82, 2.24) is 20.4 Å². The first-order chi connectivity index (χ1) is 13.0. The van der Waals surface area contributed by atoms with E-state index in [0.717, 1.165) is 34.1 Å². The zero-order valence-corrected chi connectivity index (χ0v) is 17.0. The molecular weight excluding hydrogens is 382 g/mol. The zero-order chi connectivity index (χ0) is 19.4. The van der Waals surface area contributed by atoms with E-state index in [4.69, 9.17) is 0 Å². The summed E-state index contributed by atoms with van der Waals surface area (Å²) in [5.41, 5.74) is 3.17. The Morgan fingerprint density at radius 2 is 2.15 bits per heavy atom. The number of nitrogens with one attached hydrogen (secondary N) is 2. The number of phenolic OH excluding ortho intramolecular Hbond substituents is 1. The Morgan fingerprint density at radius 1 is 1.33 bits per heavy atom. The zero-order valence-electron chi connectivity index (χ0n) is 15.4. The van der Waals surface area contributed by atoms with Crippen LogP contribution in [0, 0.1) is 13.8 Å². The predicted molar refractivity (Wildman–Crippen MR) is 109 cm³/mol. The molecule has 3 aromatic rings. The van der Waals surface area contributed by atoms with E-state index < -0.39 is 0 Å². The Labute approximate surface area is 165 Å². The number of unbranched alkanes of at least 4 members (excludes halogenated alkanes) is 1. The van der Waals surface area contributed by atoms with Gasteiger partial charge >= 0.3 is 0 Å². The summed E-state index contributed by atoms with van der Waals surface area (Å²) in [5, 5.41) is 28.5. The molecule has 2 heterocycles. The standard InChI is InChI=1S/C18H21N5O2S2/c1-4-5-8-26-18-23-22-17(27-18)19-16(25)14-9-13(20-21-14)12-7-6-10(2)11(3)15(12)24/h6-7,9,24H,4-5,8H2,1-3H3,(H,20,21)(H,19,22,25). The Bertz CT molecular complexity index is 951. The molecule has 27 heavy (non-hydrogen) atoms. The first-order valence-corrected chi connectivity index (χ1v) is 10.4. The quantitative estimate of drug-likeness (QED) is 0.307. The van der Waals surface area contributed by atoms with Gasteiger partial charge in [-0.1, -0.05) is 42.5 Å². The van der Waals surface area contributed by atoms with Crippen LogP contribution in [0.4, 0.5) is 5.13 Å². The third-order valence-corrected chi connectivity index (χ3v) is 6.21. The normalized spacial score (nSPS) is 10.9. The van der Waals surface area contributed by atoms with Crippen LogP contribution in [-0.4, -0.2) is 37.2 Å². The van der Waals surface area contributed by atoms with Crippen molar-refractivity contribution in [2.75, 3.05) is 11.1 Å². The summed E-state index contributed by atoms with van der Waals surface area (Å²) in [7, 11) is 0. The van der Waals surface area contributed by atoms with Gasteiger partial charge in [0.05, 0.1) is 5.69 Å². The van der Waals surface area contributed by atoms with Crippen LogP contribution in [0.3, 0.4) is 0 Å². The van der Waals surface area contributed by atoms with Crippen molar-refractivity contribution in [3.05, 3.63) is 35.0 Å². The third-order valence-electron chi connectivity index (χ3n) is 4.15. The van der Waals surface area contributed by atoms with Crippen molar-refractivity contribution in [3.8, 4) is 17.0 Å². The molecule has 0 bridgehead atoms. The number of amides is 1. The molecule has 0 spiro atoms. The summed E-state index contributed by atoms with van der Waals surface area (Å²) >= 11 is 2.99. The predicted octanol–water partition coefficient (Wildman–Crippen LogP) is 4.40. The van der Waals surface area contributed by atoms with Crippen LogP contribution in [0.2, 0.25) is 0 Å². The molecule has 0 saturated heterocycles. The second-order valence-corrected chi connectivity index (χ2v) is 8.42. The molecule has 0 unspecified atom stereocenters. The van der Waals surface area contributed by atoms with Crippen LogP contribution in [0.25, 0.3) is 11.3 Å². The van der Waals surface area contributed by atoms with E-state index in [0.29, 0.717) is 16.4 Å². The molecule has 7 nitrogen and oxygen atoms in total. The molecule has 2 aromatic heterocycles. The topological polar surface area (TPSA) is 104 Å². The number of rotatable bonds is 7. The summed E-state index contributed by atoms with van der Waals surface area (Å²) in [6.07, 6.45) is 2.25. The van der Waals surface area contributed by atoms with Crippen molar-refractivity contribution in [1.29, 1.82) is 0 Å². The van der Waals surface area contributed by atoms with Crippen LogP contribution < -0.4 is 5.32 Å². The van der Waals surface area contributed by atoms with E-state index in [1.807, 2.05) is 19.9 Å². The number of aryl methyl sites for hydroxylation is 1. The fraction of sp³-hybridized carbons (Fsp3) is 0.333. The van der Waals surface area contributed by atoms with Gasteiger partial charge in [-0.15, -0.1) is 10.2 Å². The van der Waals surface area contributed by atoms with Crippen LogP contribution in [-0.2, 0) is 0 Å². The van der Waals surface area contributed by atoms with Gasteiger partial charge in [0.25, 0.3) is 5.91 Å². The molecule has 9 heteroatoms. The molecule has 1 amide bonds. The van der Waals surface area contributed by atoms with Crippen LogP contribution in [0.1, 0.15) is 41.4 Å². The first kappa shape index (κ1) is 19.4. The number of aromatic hydroxyl groups is 1. The van der Waals surface area contributed by atoms with Crippen LogP contribution in [0.15, 0.2) is 22.5 Å². The molecule has 3 rings (SSSR count). The summed E-state index contributed by atoms with van der Waals surface area (Å²) < 4.78 is 0.837. The number of H-pyrrole nitrogens is 1. The van der Waals surface area contributed by atoms with Gasteiger partial charge in [-0.2, -0.15) is 5.10 Å². The lowest BCUT2D eigenvalue weighted by Gasteiger charge is -2.07. The highest BCUT2D eigenvalue weighted by atomic mass is 32.2. The number of carbonyl (C=O) groups is 1. The average molecular weight is 404 g/mol. The summed E-state index contributed by atoms with van der Waals surface area (Å²) in [6, 6.07) is 5.31. The fourth-order valence-corrected chi connectivity index (χ4v) is 4.27. The Balaban J connectivity index is 1.70. The van der Waals surface area contributed by atoms with Gasteiger partial charge in [0.2, 0.25) is 5.13 Å². The van der Waals surface area contributed by atoms with Gasteiger partial charge in [0.1, 0.15) is 11.4 Å². The Hall–Kier alpha value is -2.39. The molecular formula is C18H21N5O2S2. The number of aromatic nitrogens is 4. The number of phenols is 1. The van der Waals surface area contributed by atoms with Gasteiger partial charge < -0.3 is 5.11 Å². The highest BCUT2D eigenvalue weighted by molar-refractivity contribution is 8.01. The second kappa shape index (κ2) is 8.53. The van der Waals surface area contributed by atoms with Crippen LogP contribution >= 0.6 is 23.1 Å². The second-order valence-electron chi connectivity index (χ2n) is 6.10. The number of carbonyl (C=O) groups excluding carboxylic acids is 1. The molecule has 0 saturated carbocycles. The Kier molecular flexibility index (Phi) is 6.12. The molecule has 0 fully saturated rings. The molecule has 0 radical (unpaired) electrons. The minimum Gasteiger partial charge on any atom is -0.507 e. The maximum atomic E-state index is 12.4.